The van der Waals surface area contributed by atoms with Gasteiger partial charge in [0.15, 0.2) is 0 Å². The average molecular weight is 185 g/mol. The van der Waals surface area contributed by atoms with Crippen molar-refractivity contribution >= 4 is 17.8 Å². The lowest BCUT2D eigenvalue weighted by atomic mass is 9.96. The second kappa shape index (κ2) is 3.33. The van der Waals surface area contributed by atoms with Gasteiger partial charge >= 0.3 is 0 Å². The highest BCUT2D eigenvalue weighted by Crippen LogP contribution is 2.43. The Morgan fingerprint density at radius 3 is 2.29 bits per heavy atom. The van der Waals surface area contributed by atoms with E-state index in [0.29, 0.717) is 0 Å². The molecule has 1 saturated carbocycles. The van der Waals surface area contributed by atoms with Gasteiger partial charge in [-0.15, -0.1) is 0 Å². The summed E-state index contributed by atoms with van der Waals surface area (Å²) in [4.78, 5) is 0. The molecule has 0 atom stereocenters. The maximum atomic E-state index is 5.88. The second-order valence-corrected chi connectivity index (χ2v) is 3.75. The number of anilines is 1. The van der Waals surface area contributed by atoms with E-state index in [1.165, 1.54) is 24.0 Å². The number of benzene rings is 1. The van der Waals surface area contributed by atoms with Crippen molar-refractivity contribution in [2.75, 3.05) is 5.73 Å². The Morgan fingerprint density at radius 1 is 1.14 bits per heavy atom. The summed E-state index contributed by atoms with van der Waals surface area (Å²) >= 11 is 0. The molecule has 1 fully saturated rings. The number of nitrogens with two attached hydrogens (primary N) is 1. The highest BCUT2D eigenvalue weighted by Gasteiger charge is 2.26. The molecular weight excluding hydrogens is 170 g/mol. The van der Waals surface area contributed by atoms with Crippen molar-refractivity contribution in [3.8, 4) is 0 Å². The van der Waals surface area contributed by atoms with Gasteiger partial charge in [0.25, 0.3) is 0 Å². The quantitative estimate of drug-likeness (QED) is 0.717. The number of hydrogen-bond acceptors (Lipinski definition) is 1. The Labute approximate surface area is 84.9 Å². The molecule has 0 spiro atoms. The maximum Gasteiger partial charge on any atom is 0.0393 e. The molecule has 0 aliphatic heterocycles. The third kappa shape index (κ3) is 1.35. The third-order valence-electron chi connectivity index (χ3n) is 2.78. The summed E-state index contributed by atoms with van der Waals surface area (Å²) in [7, 11) is 0. The van der Waals surface area contributed by atoms with Gasteiger partial charge in [0.2, 0.25) is 0 Å². The summed E-state index contributed by atoms with van der Waals surface area (Å²) < 4.78 is 0. The van der Waals surface area contributed by atoms with Crippen molar-refractivity contribution in [1.82, 2.24) is 0 Å². The van der Waals surface area contributed by atoms with Crippen molar-refractivity contribution in [3.63, 3.8) is 0 Å². The minimum atomic E-state index is 0.724. The molecule has 1 heteroatoms. The molecular formula is C13H15N. The Kier molecular flexibility index (Phi) is 2.16. The second-order valence-electron chi connectivity index (χ2n) is 3.75. The number of rotatable bonds is 3. The predicted octanol–water partition coefficient (Wildman–Crippen LogP) is 3.43. The average Bonchev–Trinajstić information content (AvgIpc) is 3.00. The molecule has 0 amide bonds. The fourth-order valence-electron chi connectivity index (χ4n) is 1.88. The lowest BCUT2D eigenvalue weighted by molar-refractivity contribution is 1.12. The Hall–Kier alpha value is -1.50. The van der Waals surface area contributed by atoms with Crippen LogP contribution in [0.4, 0.5) is 5.69 Å². The molecule has 2 N–H and O–H groups in total. The summed E-state index contributed by atoms with van der Waals surface area (Å²) in [6.07, 6.45) is 6.29. The van der Waals surface area contributed by atoms with E-state index in [-0.39, 0.29) is 0 Å². The smallest absolute Gasteiger partial charge is 0.0393 e. The van der Waals surface area contributed by atoms with Gasteiger partial charge in [0, 0.05) is 11.3 Å². The largest absolute Gasteiger partial charge is 0.398 e. The van der Waals surface area contributed by atoms with Crippen LogP contribution < -0.4 is 5.73 Å². The van der Waals surface area contributed by atoms with Crippen LogP contribution in [-0.4, -0.2) is 0 Å². The Balaban J connectivity index is 2.60. The first-order valence-electron chi connectivity index (χ1n) is 4.95. The van der Waals surface area contributed by atoms with Gasteiger partial charge in [0.1, 0.15) is 0 Å². The monoisotopic (exact) mass is 185 g/mol. The highest BCUT2D eigenvalue weighted by molar-refractivity contribution is 5.76. The molecule has 0 bridgehead atoms. The molecule has 0 saturated heterocycles. The van der Waals surface area contributed by atoms with Gasteiger partial charge < -0.3 is 5.73 Å². The zero-order valence-electron chi connectivity index (χ0n) is 8.29. The fraction of sp³-hybridized carbons (Fsp3) is 0.231. The SMILES string of the molecule is C=Cc1c(N)ccc(C2CC2)c1C=C. The molecule has 0 unspecified atom stereocenters. The Bertz CT molecular complexity index is 386. The van der Waals surface area contributed by atoms with E-state index in [0.717, 1.165) is 17.2 Å². The van der Waals surface area contributed by atoms with E-state index in [1.54, 1.807) is 0 Å². The fourth-order valence-corrected chi connectivity index (χ4v) is 1.88. The lowest BCUT2D eigenvalue weighted by Crippen LogP contribution is -1.96. The third-order valence-corrected chi connectivity index (χ3v) is 2.78. The van der Waals surface area contributed by atoms with Crippen molar-refractivity contribution in [2.24, 2.45) is 0 Å². The van der Waals surface area contributed by atoms with Crippen LogP contribution in [0.1, 0.15) is 35.4 Å². The van der Waals surface area contributed by atoms with Crippen LogP contribution in [0.3, 0.4) is 0 Å². The van der Waals surface area contributed by atoms with Gasteiger partial charge in [-0.2, -0.15) is 0 Å². The minimum Gasteiger partial charge on any atom is -0.398 e. The minimum absolute atomic E-state index is 0.724. The van der Waals surface area contributed by atoms with Gasteiger partial charge in [-0.05, 0) is 36.0 Å². The van der Waals surface area contributed by atoms with Gasteiger partial charge in [-0.25, -0.2) is 0 Å². The molecule has 1 aromatic rings. The van der Waals surface area contributed by atoms with Gasteiger partial charge in [0.05, 0.1) is 0 Å². The first kappa shape index (κ1) is 9.07. The van der Waals surface area contributed by atoms with Crippen LogP contribution in [0.5, 0.6) is 0 Å². The number of hydrogen-bond donors (Lipinski definition) is 1. The molecule has 72 valence electrons. The Morgan fingerprint density at radius 2 is 1.79 bits per heavy atom. The van der Waals surface area contributed by atoms with Crippen molar-refractivity contribution < 1.29 is 0 Å². The summed E-state index contributed by atoms with van der Waals surface area (Å²) in [5.74, 6) is 0.724. The molecule has 0 radical (unpaired) electrons. The normalized spacial score (nSPS) is 15.1. The summed E-state index contributed by atoms with van der Waals surface area (Å²) in [5.41, 5.74) is 10.2. The van der Waals surface area contributed by atoms with E-state index in [9.17, 15) is 0 Å². The van der Waals surface area contributed by atoms with E-state index in [2.05, 4.69) is 19.2 Å². The standard InChI is InChI=1S/C13H15N/c1-3-10-11(4-2)13(14)8-7-12(10)9-5-6-9/h3-4,7-9H,1-2,5-6,14H2. The molecule has 0 aromatic heterocycles. The lowest BCUT2D eigenvalue weighted by Gasteiger charge is -2.10. The number of nitrogen functional groups attached to an aromatic ring is 1. The van der Waals surface area contributed by atoms with E-state index in [1.807, 2.05) is 18.2 Å². The molecule has 2 rings (SSSR count). The molecule has 0 heterocycles. The summed E-state index contributed by atoms with van der Waals surface area (Å²) in [6.45, 7) is 7.64. The zero-order valence-corrected chi connectivity index (χ0v) is 8.29. The van der Waals surface area contributed by atoms with Crippen LogP contribution in [-0.2, 0) is 0 Å². The molecule has 1 aliphatic carbocycles. The summed E-state index contributed by atoms with van der Waals surface area (Å²) in [5, 5.41) is 0. The van der Waals surface area contributed by atoms with E-state index in [4.69, 9.17) is 5.73 Å². The van der Waals surface area contributed by atoms with Gasteiger partial charge in [-0.1, -0.05) is 31.4 Å². The topological polar surface area (TPSA) is 26.0 Å². The van der Waals surface area contributed by atoms with Crippen molar-refractivity contribution in [1.29, 1.82) is 0 Å². The molecule has 1 aromatic carbocycles. The van der Waals surface area contributed by atoms with E-state index >= 15 is 0 Å². The van der Waals surface area contributed by atoms with Gasteiger partial charge in [-0.3, -0.25) is 0 Å². The molecule has 14 heavy (non-hydrogen) atoms. The zero-order chi connectivity index (χ0) is 10.1. The maximum absolute atomic E-state index is 5.88. The predicted molar refractivity (Wildman–Crippen MR) is 63.0 cm³/mol. The molecule has 1 nitrogen and oxygen atoms in total. The van der Waals surface area contributed by atoms with Crippen LogP contribution in [0, 0.1) is 0 Å². The van der Waals surface area contributed by atoms with Crippen molar-refractivity contribution in [2.45, 2.75) is 18.8 Å². The van der Waals surface area contributed by atoms with Crippen LogP contribution in [0.2, 0.25) is 0 Å². The molecule has 1 aliphatic rings. The van der Waals surface area contributed by atoms with Crippen LogP contribution >= 0.6 is 0 Å². The van der Waals surface area contributed by atoms with E-state index < -0.39 is 0 Å². The van der Waals surface area contributed by atoms with Crippen molar-refractivity contribution in [3.05, 3.63) is 42.0 Å². The first-order chi connectivity index (χ1) is 6.77. The van der Waals surface area contributed by atoms with Crippen LogP contribution in [0.15, 0.2) is 25.3 Å². The highest BCUT2D eigenvalue weighted by atomic mass is 14.6. The summed E-state index contributed by atoms with van der Waals surface area (Å²) in [6, 6.07) is 4.09. The van der Waals surface area contributed by atoms with Crippen LogP contribution in [0.25, 0.3) is 12.2 Å². The first-order valence-corrected chi connectivity index (χ1v) is 4.95.